The van der Waals surface area contributed by atoms with Gasteiger partial charge in [0.15, 0.2) is 5.69 Å². The number of aromatic nitrogens is 1. The number of piperazine rings is 1. The Kier molecular flexibility index (Phi) is 5.58. The van der Waals surface area contributed by atoms with E-state index >= 15 is 0 Å². The molecule has 0 spiro atoms. The fourth-order valence-corrected chi connectivity index (χ4v) is 5.09. The molecule has 3 aliphatic heterocycles. The molecule has 31 heavy (non-hydrogen) atoms. The maximum Gasteiger partial charge on any atom is 0.433 e. The molecule has 0 saturated carbocycles. The van der Waals surface area contributed by atoms with Gasteiger partial charge in [-0.1, -0.05) is 41.9 Å². The largest absolute Gasteiger partial charge is 0.433 e. The van der Waals surface area contributed by atoms with E-state index in [9.17, 15) is 13.2 Å². The standard InChI is InChI=1S/C22H24ClF3N4O/c23-20-10-17-16(21(27-20)22(24,25)26)13-31-14-19-18(12-30(17)19)29-8-6-28(7-9-29)11-15-4-2-1-3-5-15/h1-5,10,18-19H,6-9,11-14H2. The van der Waals surface area contributed by atoms with Crippen LogP contribution >= 0.6 is 11.6 Å². The number of rotatable bonds is 3. The SMILES string of the molecule is FC(F)(F)c1nc(Cl)cc2c1COCC1C(N3CCN(Cc4ccccc4)CC3)CN21. The lowest BCUT2D eigenvalue weighted by Gasteiger charge is -2.54. The number of hydrogen-bond acceptors (Lipinski definition) is 5. The molecule has 0 N–H and O–H groups in total. The van der Waals surface area contributed by atoms with Gasteiger partial charge in [-0.25, -0.2) is 4.98 Å². The average molecular weight is 453 g/mol. The molecule has 0 amide bonds. The lowest BCUT2D eigenvalue weighted by molar-refractivity contribution is -0.142. The van der Waals surface area contributed by atoms with Gasteiger partial charge in [-0.2, -0.15) is 13.2 Å². The van der Waals surface area contributed by atoms with E-state index in [-0.39, 0.29) is 29.4 Å². The lowest BCUT2D eigenvalue weighted by atomic mass is 9.93. The van der Waals surface area contributed by atoms with Crippen LogP contribution in [0.1, 0.15) is 16.8 Å². The number of alkyl halides is 3. The number of benzene rings is 1. The molecule has 0 bridgehead atoms. The second-order valence-electron chi connectivity index (χ2n) is 8.39. The number of anilines is 1. The van der Waals surface area contributed by atoms with Crippen LogP contribution in [0.15, 0.2) is 36.4 Å². The van der Waals surface area contributed by atoms with Crippen LogP contribution in [0.25, 0.3) is 0 Å². The minimum absolute atomic E-state index is 0.0291. The first kappa shape index (κ1) is 21.0. The summed E-state index contributed by atoms with van der Waals surface area (Å²) < 4.78 is 46.1. The maximum absolute atomic E-state index is 13.5. The molecule has 2 aromatic rings. The summed E-state index contributed by atoms with van der Waals surface area (Å²) in [6.07, 6.45) is -4.56. The predicted molar refractivity (Wildman–Crippen MR) is 112 cm³/mol. The number of fused-ring (bicyclic) bond motifs is 3. The zero-order chi connectivity index (χ0) is 21.6. The van der Waals surface area contributed by atoms with Crippen molar-refractivity contribution in [1.82, 2.24) is 14.8 Å². The first-order chi connectivity index (χ1) is 14.9. The van der Waals surface area contributed by atoms with Crippen molar-refractivity contribution in [3.8, 4) is 0 Å². The first-order valence-electron chi connectivity index (χ1n) is 10.5. The van der Waals surface area contributed by atoms with E-state index in [1.807, 2.05) is 11.0 Å². The monoisotopic (exact) mass is 452 g/mol. The van der Waals surface area contributed by atoms with Gasteiger partial charge in [-0.15, -0.1) is 0 Å². The van der Waals surface area contributed by atoms with Crippen molar-refractivity contribution < 1.29 is 17.9 Å². The Morgan fingerprint density at radius 3 is 2.52 bits per heavy atom. The molecule has 4 heterocycles. The van der Waals surface area contributed by atoms with Crippen molar-refractivity contribution >= 4 is 17.3 Å². The highest BCUT2D eigenvalue weighted by Gasteiger charge is 2.47. The summed E-state index contributed by atoms with van der Waals surface area (Å²) in [6.45, 7) is 5.76. The van der Waals surface area contributed by atoms with Gasteiger partial charge in [-0.05, 0) is 11.6 Å². The van der Waals surface area contributed by atoms with Crippen molar-refractivity contribution in [3.05, 3.63) is 58.4 Å². The molecule has 5 rings (SSSR count). The Morgan fingerprint density at radius 1 is 1.06 bits per heavy atom. The van der Waals surface area contributed by atoms with Gasteiger partial charge in [0.05, 0.1) is 19.3 Å². The van der Waals surface area contributed by atoms with E-state index in [4.69, 9.17) is 16.3 Å². The molecule has 9 heteroatoms. The summed E-state index contributed by atoms with van der Waals surface area (Å²) in [5.41, 5.74) is 0.971. The van der Waals surface area contributed by atoms with Crippen LogP contribution in [0.4, 0.5) is 18.9 Å². The molecule has 2 unspecified atom stereocenters. The van der Waals surface area contributed by atoms with E-state index in [1.165, 1.54) is 5.56 Å². The number of pyridine rings is 1. The smallest absolute Gasteiger partial charge is 0.374 e. The van der Waals surface area contributed by atoms with E-state index < -0.39 is 11.9 Å². The van der Waals surface area contributed by atoms with Crippen LogP contribution in [-0.4, -0.2) is 66.2 Å². The Morgan fingerprint density at radius 2 is 1.81 bits per heavy atom. The Bertz CT molecular complexity index is 934. The summed E-state index contributed by atoms with van der Waals surface area (Å²) in [5, 5.41) is -0.135. The minimum atomic E-state index is -4.56. The molecule has 166 valence electrons. The van der Waals surface area contributed by atoms with Crippen molar-refractivity contribution in [1.29, 1.82) is 0 Å². The summed E-state index contributed by atoms with van der Waals surface area (Å²) in [6, 6.07) is 12.3. The quantitative estimate of drug-likeness (QED) is 0.664. The highest BCUT2D eigenvalue weighted by Crippen LogP contribution is 2.42. The number of hydrogen-bond donors (Lipinski definition) is 0. The van der Waals surface area contributed by atoms with Crippen molar-refractivity contribution in [2.75, 3.05) is 44.2 Å². The van der Waals surface area contributed by atoms with E-state index in [2.05, 4.69) is 39.0 Å². The Labute approximate surface area is 184 Å². The number of ether oxygens (including phenoxy) is 1. The van der Waals surface area contributed by atoms with Crippen molar-refractivity contribution in [2.45, 2.75) is 31.4 Å². The van der Waals surface area contributed by atoms with Gasteiger partial charge in [0.2, 0.25) is 0 Å². The van der Waals surface area contributed by atoms with Crippen LogP contribution in [-0.2, 0) is 24.1 Å². The third kappa shape index (κ3) is 4.14. The molecular formula is C22H24ClF3N4O. The molecule has 2 atom stereocenters. The zero-order valence-corrected chi connectivity index (χ0v) is 17.7. The molecular weight excluding hydrogens is 429 g/mol. The second-order valence-corrected chi connectivity index (χ2v) is 8.78. The third-order valence-corrected chi connectivity index (χ3v) is 6.73. The van der Waals surface area contributed by atoms with Gasteiger partial charge < -0.3 is 9.64 Å². The second kappa shape index (κ2) is 8.24. The van der Waals surface area contributed by atoms with E-state index in [0.29, 0.717) is 18.8 Å². The van der Waals surface area contributed by atoms with Gasteiger partial charge in [0.1, 0.15) is 5.15 Å². The van der Waals surface area contributed by atoms with E-state index in [1.54, 1.807) is 6.07 Å². The van der Waals surface area contributed by atoms with Crippen molar-refractivity contribution in [2.24, 2.45) is 0 Å². The Balaban J connectivity index is 1.26. The molecule has 2 saturated heterocycles. The highest BCUT2D eigenvalue weighted by molar-refractivity contribution is 6.29. The van der Waals surface area contributed by atoms with Gasteiger partial charge in [-0.3, -0.25) is 9.80 Å². The summed E-state index contributed by atoms with van der Waals surface area (Å²) in [5.74, 6) is 0. The topological polar surface area (TPSA) is 31.8 Å². The van der Waals surface area contributed by atoms with Crippen LogP contribution in [0, 0.1) is 0 Å². The average Bonchev–Trinajstić information content (AvgIpc) is 2.85. The fourth-order valence-electron chi connectivity index (χ4n) is 4.90. The molecule has 5 nitrogen and oxygen atoms in total. The summed E-state index contributed by atoms with van der Waals surface area (Å²) in [7, 11) is 0. The van der Waals surface area contributed by atoms with Gasteiger partial charge in [0.25, 0.3) is 0 Å². The summed E-state index contributed by atoms with van der Waals surface area (Å²) >= 11 is 5.95. The molecule has 1 aromatic carbocycles. The molecule has 3 aliphatic rings. The predicted octanol–water partition coefficient (Wildman–Crippen LogP) is 3.66. The first-order valence-corrected chi connectivity index (χ1v) is 10.9. The molecule has 1 aromatic heterocycles. The number of nitrogens with zero attached hydrogens (tertiary/aromatic N) is 4. The fraction of sp³-hybridized carbons (Fsp3) is 0.500. The van der Waals surface area contributed by atoms with Crippen LogP contribution in [0.5, 0.6) is 0 Å². The number of halogens is 4. The van der Waals surface area contributed by atoms with Crippen molar-refractivity contribution in [3.63, 3.8) is 0 Å². The highest BCUT2D eigenvalue weighted by atomic mass is 35.5. The summed E-state index contributed by atoms with van der Waals surface area (Å²) in [4.78, 5) is 10.5. The molecule has 0 radical (unpaired) electrons. The zero-order valence-electron chi connectivity index (χ0n) is 17.0. The Hall–Kier alpha value is -1.87. The normalized spacial score (nSPS) is 24.8. The van der Waals surface area contributed by atoms with Gasteiger partial charge in [0, 0.05) is 56.6 Å². The third-order valence-electron chi connectivity index (χ3n) is 6.54. The lowest BCUT2D eigenvalue weighted by Crippen LogP contribution is -2.70. The van der Waals surface area contributed by atoms with E-state index in [0.717, 1.165) is 32.7 Å². The minimum Gasteiger partial charge on any atom is -0.374 e. The molecule has 0 aliphatic carbocycles. The van der Waals surface area contributed by atoms with Crippen LogP contribution in [0.2, 0.25) is 5.15 Å². The van der Waals surface area contributed by atoms with Gasteiger partial charge >= 0.3 is 6.18 Å². The van der Waals surface area contributed by atoms with Crippen LogP contribution < -0.4 is 4.90 Å². The molecule has 2 fully saturated rings. The van der Waals surface area contributed by atoms with Crippen LogP contribution in [0.3, 0.4) is 0 Å². The maximum atomic E-state index is 13.5.